The average Bonchev–Trinajstić information content (AvgIpc) is 2.76. The molecule has 1 rings (SSSR count). The van der Waals surface area contributed by atoms with E-state index in [-0.39, 0.29) is 12.6 Å². The summed E-state index contributed by atoms with van der Waals surface area (Å²) in [5.41, 5.74) is 6.36. The number of nitrogens with two attached hydrogens (primary N) is 1. The predicted octanol–water partition coefficient (Wildman–Crippen LogP) is -0.429. The first-order chi connectivity index (χ1) is 8.06. The minimum atomic E-state index is -0.805. The Morgan fingerprint density at radius 3 is 2.94 bits per heavy atom. The highest BCUT2D eigenvalue weighted by molar-refractivity contribution is 5.91. The summed E-state index contributed by atoms with van der Waals surface area (Å²) >= 11 is 0. The van der Waals surface area contributed by atoms with Crippen molar-refractivity contribution < 1.29 is 14.3 Å². The largest absolute Gasteiger partial charge is 0.453 e. The van der Waals surface area contributed by atoms with Crippen LogP contribution in [-0.2, 0) is 16.1 Å². The first-order valence-corrected chi connectivity index (χ1v) is 5.10. The van der Waals surface area contributed by atoms with Gasteiger partial charge < -0.3 is 10.5 Å². The van der Waals surface area contributed by atoms with Gasteiger partial charge in [-0.2, -0.15) is 0 Å². The summed E-state index contributed by atoms with van der Waals surface area (Å²) in [5, 5.41) is 9.57. The van der Waals surface area contributed by atoms with Gasteiger partial charge in [0, 0.05) is 0 Å². The fourth-order valence-corrected chi connectivity index (χ4v) is 1.12. The molecule has 0 aliphatic heterocycles. The van der Waals surface area contributed by atoms with Crippen molar-refractivity contribution in [3.05, 3.63) is 11.9 Å². The molecular weight excluding hydrogens is 226 g/mol. The number of hydrogen-bond acceptors (Lipinski definition) is 6. The molecule has 1 atom stereocenters. The van der Waals surface area contributed by atoms with Crippen molar-refractivity contribution in [2.24, 2.45) is 5.73 Å². The highest BCUT2D eigenvalue weighted by Gasteiger charge is 2.12. The van der Waals surface area contributed by atoms with Crippen LogP contribution in [0.4, 0.5) is 4.79 Å². The quantitative estimate of drug-likeness (QED) is 0.739. The molecule has 1 aromatic rings. The Kier molecular flexibility index (Phi) is 4.58. The molecule has 2 amide bonds. The van der Waals surface area contributed by atoms with Gasteiger partial charge in [0.2, 0.25) is 0 Å². The van der Waals surface area contributed by atoms with E-state index in [1.807, 2.05) is 12.2 Å². The van der Waals surface area contributed by atoms with Crippen LogP contribution < -0.4 is 11.1 Å². The molecule has 8 nitrogen and oxygen atoms in total. The summed E-state index contributed by atoms with van der Waals surface area (Å²) in [7, 11) is 1.18. The summed E-state index contributed by atoms with van der Waals surface area (Å²) < 4.78 is 5.59. The van der Waals surface area contributed by atoms with Gasteiger partial charge in [0.05, 0.1) is 25.0 Å². The summed E-state index contributed by atoms with van der Waals surface area (Å²) in [5.74, 6) is -0.529. The second kappa shape index (κ2) is 5.94. The standard InChI is InChI=1S/C9H15N5O3/c1-3-6(10)7-4-14(13-12-7)5-8(15)11-9(16)17-2/h4,6H,3,5,10H2,1-2H3,(H,11,15,16). The molecule has 0 aromatic carbocycles. The van der Waals surface area contributed by atoms with E-state index in [1.165, 1.54) is 11.8 Å². The molecule has 0 saturated carbocycles. The molecule has 0 fully saturated rings. The fourth-order valence-electron chi connectivity index (χ4n) is 1.12. The van der Waals surface area contributed by atoms with E-state index in [2.05, 4.69) is 15.0 Å². The van der Waals surface area contributed by atoms with E-state index in [1.54, 1.807) is 6.20 Å². The van der Waals surface area contributed by atoms with E-state index >= 15 is 0 Å². The van der Waals surface area contributed by atoms with Crippen LogP contribution in [0.15, 0.2) is 6.20 Å². The Bertz CT molecular complexity index is 403. The SMILES string of the molecule is CCC(N)c1cn(CC(=O)NC(=O)OC)nn1. The molecule has 1 heterocycles. The number of nitrogens with one attached hydrogen (secondary N) is 1. The zero-order valence-corrected chi connectivity index (χ0v) is 9.71. The number of alkyl carbamates (subject to hydrolysis) is 1. The molecule has 0 spiro atoms. The van der Waals surface area contributed by atoms with Crippen molar-refractivity contribution >= 4 is 12.0 Å². The highest BCUT2D eigenvalue weighted by Crippen LogP contribution is 2.08. The van der Waals surface area contributed by atoms with Crippen LogP contribution in [-0.4, -0.2) is 34.1 Å². The maximum Gasteiger partial charge on any atom is 0.413 e. The van der Waals surface area contributed by atoms with Crippen LogP contribution in [0.3, 0.4) is 0 Å². The van der Waals surface area contributed by atoms with Crippen molar-refractivity contribution in [2.75, 3.05) is 7.11 Å². The Morgan fingerprint density at radius 2 is 2.35 bits per heavy atom. The lowest BCUT2D eigenvalue weighted by Crippen LogP contribution is -2.33. The number of hydrogen-bond donors (Lipinski definition) is 2. The molecule has 1 unspecified atom stereocenters. The van der Waals surface area contributed by atoms with E-state index in [0.29, 0.717) is 5.69 Å². The summed E-state index contributed by atoms with van der Waals surface area (Å²) in [6.45, 7) is 1.81. The predicted molar refractivity (Wildman–Crippen MR) is 57.8 cm³/mol. The summed E-state index contributed by atoms with van der Waals surface area (Å²) in [6, 6.07) is -0.201. The Labute approximate surface area is 98.1 Å². The van der Waals surface area contributed by atoms with Crippen molar-refractivity contribution in [2.45, 2.75) is 25.9 Å². The fraction of sp³-hybridized carbons (Fsp3) is 0.556. The maximum atomic E-state index is 11.3. The molecule has 0 aliphatic rings. The number of aromatic nitrogens is 3. The maximum absolute atomic E-state index is 11.3. The number of ether oxygens (including phenoxy) is 1. The van der Waals surface area contributed by atoms with E-state index < -0.39 is 12.0 Å². The lowest BCUT2D eigenvalue weighted by Gasteiger charge is -2.02. The number of carbonyl (C=O) groups is 2. The van der Waals surface area contributed by atoms with Gasteiger partial charge in [-0.1, -0.05) is 12.1 Å². The van der Waals surface area contributed by atoms with Crippen LogP contribution in [0.5, 0.6) is 0 Å². The number of amides is 2. The minimum Gasteiger partial charge on any atom is -0.453 e. The Hall–Kier alpha value is -1.96. The molecule has 94 valence electrons. The van der Waals surface area contributed by atoms with E-state index in [0.717, 1.165) is 6.42 Å². The highest BCUT2D eigenvalue weighted by atomic mass is 16.5. The van der Waals surface area contributed by atoms with Gasteiger partial charge in [-0.05, 0) is 6.42 Å². The van der Waals surface area contributed by atoms with E-state index in [4.69, 9.17) is 5.73 Å². The van der Waals surface area contributed by atoms with Gasteiger partial charge in [-0.25, -0.2) is 9.48 Å². The van der Waals surface area contributed by atoms with Gasteiger partial charge in [0.15, 0.2) is 0 Å². The number of imide groups is 1. The van der Waals surface area contributed by atoms with Crippen molar-refractivity contribution in [1.29, 1.82) is 0 Å². The van der Waals surface area contributed by atoms with Crippen LogP contribution in [0, 0.1) is 0 Å². The smallest absolute Gasteiger partial charge is 0.413 e. The molecular formula is C9H15N5O3. The molecule has 1 aromatic heterocycles. The number of rotatable bonds is 4. The second-order valence-electron chi connectivity index (χ2n) is 3.40. The van der Waals surface area contributed by atoms with Gasteiger partial charge in [-0.3, -0.25) is 10.1 Å². The first kappa shape index (κ1) is 13.1. The summed E-state index contributed by atoms with van der Waals surface area (Å²) in [4.78, 5) is 22.1. The molecule has 0 aliphatic carbocycles. The minimum absolute atomic E-state index is 0.113. The second-order valence-corrected chi connectivity index (χ2v) is 3.40. The van der Waals surface area contributed by atoms with Crippen molar-refractivity contribution in [3.63, 3.8) is 0 Å². The molecule has 17 heavy (non-hydrogen) atoms. The van der Waals surface area contributed by atoms with Crippen LogP contribution >= 0.6 is 0 Å². The van der Waals surface area contributed by atoms with Crippen LogP contribution in [0.2, 0.25) is 0 Å². The zero-order valence-electron chi connectivity index (χ0n) is 9.71. The molecule has 8 heteroatoms. The van der Waals surface area contributed by atoms with Gasteiger partial charge in [-0.15, -0.1) is 5.10 Å². The first-order valence-electron chi connectivity index (χ1n) is 5.10. The number of nitrogens with zero attached hydrogens (tertiary/aromatic N) is 3. The Morgan fingerprint density at radius 1 is 1.65 bits per heavy atom. The van der Waals surface area contributed by atoms with Crippen molar-refractivity contribution in [1.82, 2.24) is 20.3 Å². The number of methoxy groups -OCH3 is 1. The normalized spacial score (nSPS) is 11.9. The Balaban J connectivity index is 2.54. The molecule has 0 saturated heterocycles. The van der Waals surface area contributed by atoms with Crippen LogP contribution in [0.1, 0.15) is 25.1 Å². The third-order valence-corrected chi connectivity index (χ3v) is 2.11. The summed E-state index contributed by atoms with van der Waals surface area (Å²) in [6.07, 6.45) is 1.50. The van der Waals surface area contributed by atoms with Gasteiger partial charge >= 0.3 is 6.09 Å². The number of carbonyl (C=O) groups excluding carboxylic acids is 2. The van der Waals surface area contributed by atoms with Crippen molar-refractivity contribution in [3.8, 4) is 0 Å². The monoisotopic (exact) mass is 241 g/mol. The van der Waals surface area contributed by atoms with E-state index in [9.17, 15) is 9.59 Å². The molecule has 0 bridgehead atoms. The zero-order chi connectivity index (χ0) is 12.8. The molecule has 0 radical (unpaired) electrons. The molecule has 3 N–H and O–H groups in total. The average molecular weight is 241 g/mol. The third-order valence-electron chi connectivity index (χ3n) is 2.11. The van der Waals surface area contributed by atoms with Crippen LogP contribution in [0.25, 0.3) is 0 Å². The van der Waals surface area contributed by atoms with Gasteiger partial charge in [0.25, 0.3) is 5.91 Å². The third kappa shape index (κ3) is 3.83. The lowest BCUT2D eigenvalue weighted by molar-refractivity contribution is -0.121. The lowest BCUT2D eigenvalue weighted by atomic mass is 10.2. The topological polar surface area (TPSA) is 112 Å². The van der Waals surface area contributed by atoms with Gasteiger partial charge in [0.1, 0.15) is 6.54 Å².